The standard InChI is InChI=1S/C23H27N3OS/c1-26(2)21(27)18-9-7-17(8-10-18)16-24-22-23(11-13-28-14-12-23)15-19-5-3-4-6-20(19)25-22/h3-10H,11-16H2,1-2H3,(H,24,25). The largest absolute Gasteiger partial charge is 0.345 e. The summed E-state index contributed by atoms with van der Waals surface area (Å²) < 4.78 is 0. The van der Waals surface area contributed by atoms with Crippen LogP contribution >= 0.6 is 11.8 Å². The third kappa shape index (κ3) is 3.81. The minimum absolute atomic E-state index is 0.0297. The summed E-state index contributed by atoms with van der Waals surface area (Å²) in [5.41, 5.74) is 4.58. The van der Waals surface area contributed by atoms with Gasteiger partial charge in [-0.1, -0.05) is 30.3 Å². The van der Waals surface area contributed by atoms with E-state index in [1.165, 1.54) is 35.6 Å². The molecule has 2 aliphatic rings. The van der Waals surface area contributed by atoms with E-state index < -0.39 is 0 Å². The minimum Gasteiger partial charge on any atom is -0.345 e. The lowest BCUT2D eigenvalue weighted by Gasteiger charge is -2.42. The van der Waals surface area contributed by atoms with Crippen molar-refractivity contribution >= 4 is 29.2 Å². The molecule has 0 aromatic heterocycles. The molecule has 2 aromatic carbocycles. The molecule has 2 heterocycles. The molecule has 1 fully saturated rings. The first kappa shape index (κ1) is 19.1. The van der Waals surface area contributed by atoms with Crippen molar-refractivity contribution < 1.29 is 4.79 Å². The van der Waals surface area contributed by atoms with Crippen LogP contribution in [0.4, 0.5) is 5.69 Å². The molecule has 0 bridgehead atoms. The summed E-state index contributed by atoms with van der Waals surface area (Å²) in [6.07, 6.45) is 3.42. The zero-order valence-electron chi connectivity index (χ0n) is 16.6. The molecule has 1 spiro atoms. The summed E-state index contributed by atoms with van der Waals surface area (Å²) in [6.45, 7) is 0.635. The Kier molecular flexibility index (Phi) is 5.44. The van der Waals surface area contributed by atoms with Gasteiger partial charge in [0, 0.05) is 30.8 Å². The van der Waals surface area contributed by atoms with Crippen molar-refractivity contribution in [3.63, 3.8) is 0 Å². The van der Waals surface area contributed by atoms with Crippen molar-refractivity contribution in [2.45, 2.75) is 25.8 Å². The predicted octanol–water partition coefficient (Wildman–Crippen LogP) is 4.47. The predicted molar refractivity (Wildman–Crippen MR) is 118 cm³/mol. The first-order valence-corrected chi connectivity index (χ1v) is 11.0. The number of amidine groups is 1. The van der Waals surface area contributed by atoms with Gasteiger partial charge < -0.3 is 10.2 Å². The molecule has 2 aromatic rings. The van der Waals surface area contributed by atoms with Crippen molar-refractivity contribution in [3.05, 3.63) is 65.2 Å². The van der Waals surface area contributed by atoms with E-state index in [2.05, 4.69) is 29.6 Å². The quantitative estimate of drug-likeness (QED) is 0.837. The number of carbonyl (C=O) groups excluding carboxylic acids is 1. The fourth-order valence-electron chi connectivity index (χ4n) is 4.07. The van der Waals surface area contributed by atoms with Gasteiger partial charge in [-0.3, -0.25) is 9.79 Å². The van der Waals surface area contributed by atoms with Crippen LogP contribution in [0.25, 0.3) is 0 Å². The summed E-state index contributed by atoms with van der Waals surface area (Å²) in [5.74, 6) is 3.57. The van der Waals surface area contributed by atoms with Gasteiger partial charge in [0.15, 0.2) is 0 Å². The highest BCUT2D eigenvalue weighted by atomic mass is 32.2. The molecule has 1 amide bonds. The number of thioether (sulfide) groups is 1. The van der Waals surface area contributed by atoms with Gasteiger partial charge in [-0.2, -0.15) is 11.8 Å². The Morgan fingerprint density at radius 1 is 1.11 bits per heavy atom. The lowest BCUT2D eigenvalue weighted by atomic mass is 9.73. The normalized spacial score (nSPS) is 19.1. The molecular weight excluding hydrogens is 366 g/mol. The van der Waals surface area contributed by atoms with Crippen LogP contribution in [0, 0.1) is 5.41 Å². The third-order valence-corrected chi connectivity index (χ3v) is 6.76. The van der Waals surface area contributed by atoms with Crippen molar-refractivity contribution in [3.8, 4) is 0 Å². The topological polar surface area (TPSA) is 44.7 Å². The molecule has 0 aliphatic carbocycles. The zero-order chi connectivity index (χ0) is 19.6. The van der Waals surface area contributed by atoms with E-state index in [1.807, 2.05) is 36.0 Å². The maximum atomic E-state index is 12.1. The van der Waals surface area contributed by atoms with Crippen LogP contribution in [-0.2, 0) is 13.0 Å². The van der Waals surface area contributed by atoms with Gasteiger partial charge in [-0.05, 0) is 60.1 Å². The highest BCUT2D eigenvalue weighted by molar-refractivity contribution is 7.99. The second-order valence-electron chi connectivity index (χ2n) is 7.91. The highest BCUT2D eigenvalue weighted by Gasteiger charge is 2.41. The fraction of sp³-hybridized carbons (Fsp3) is 0.391. The first-order valence-electron chi connectivity index (χ1n) is 9.86. The second-order valence-corrected chi connectivity index (χ2v) is 9.14. The van der Waals surface area contributed by atoms with Crippen LogP contribution < -0.4 is 5.32 Å². The maximum Gasteiger partial charge on any atom is 0.253 e. The number of hydrogen-bond acceptors (Lipinski definition) is 3. The molecule has 4 nitrogen and oxygen atoms in total. The van der Waals surface area contributed by atoms with Gasteiger partial charge in [0.05, 0.1) is 6.54 Å². The first-order chi connectivity index (χ1) is 13.6. The molecule has 4 rings (SSSR count). The van der Waals surface area contributed by atoms with Gasteiger partial charge in [0.1, 0.15) is 5.84 Å². The van der Waals surface area contributed by atoms with Crippen molar-refractivity contribution in [2.75, 3.05) is 30.9 Å². The number of hydrogen-bond donors (Lipinski definition) is 1. The van der Waals surface area contributed by atoms with Crippen LogP contribution in [0.5, 0.6) is 0 Å². The molecule has 1 N–H and O–H groups in total. The molecule has 5 heteroatoms. The molecule has 0 unspecified atom stereocenters. The Hall–Kier alpha value is -2.27. The van der Waals surface area contributed by atoms with Crippen LogP contribution in [-0.4, -0.2) is 42.2 Å². The number of amides is 1. The van der Waals surface area contributed by atoms with Gasteiger partial charge in [-0.15, -0.1) is 0 Å². The molecular formula is C23H27N3OS. The average Bonchev–Trinajstić information content (AvgIpc) is 2.72. The number of anilines is 1. The van der Waals surface area contributed by atoms with E-state index in [0.29, 0.717) is 12.1 Å². The third-order valence-electron chi connectivity index (χ3n) is 5.78. The summed E-state index contributed by atoms with van der Waals surface area (Å²) in [5, 5.41) is 3.65. The lowest BCUT2D eigenvalue weighted by Crippen LogP contribution is -2.44. The van der Waals surface area contributed by atoms with E-state index >= 15 is 0 Å². The number of fused-ring (bicyclic) bond motifs is 1. The summed E-state index contributed by atoms with van der Waals surface area (Å²) in [4.78, 5) is 18.7. The van der Waals surface area contributed by atoms with Gasteiger partial charge >= 0.3 is 0 Å². The van der Waals surface area contributed by atoms with Gasteiger partial charge in [-0.25, -0.2) is 0 Å². The molecule has 0 saturated carbocycles. The monoisotopic (exact) mass is 393 g/mol. The SMILES string of the molecule is CN(C)C(=O)c1ccc(CN=C2Nc3ccccc3CC23CCSCC3)cc1. The molecule has 2 aliphatic heterocycles. The van der Waals surface area contributed by atoms with Crippen molar-refractivity contribution in [1.29, 1.82) is 0 Å². The van der Waals surface area contributed by atoms with Crippen LogP contribution in [0.2, 0.25) is 0 Å². The number of rotatable bonds is 3. The Morgan fingerprint density at radius 3 is 2.54 bits per heavy atom. The minimum atomic E-state index is 0.0297. The molecule has 28 heavy (non-hydrogen) atoms. The highest BCUT2D eigenvalue weighted by Crippen LogP contribution is 2.44. The summed E-state index contributed by atoms with van der Waals surface area (Å²) >= 11 is 2.05. The lowest BCUT2D eigenvalue weighted by molar-refractivity contribution is 0.0827. The number of nitrogens with zero attached hydrogens (tertiary/aromatic N) is 2. The number of aliphatic imine (C=N–C) groups is 1. The van der Waals surface area contributed by atoms with E-state index in [9.17, 15) is 4.79 Å². The molecule has 0 radical (unpaired) electrons. The number of carbonyl (C=O) groups is 1. The molecule has 0 atom stereocenters. The average molecular weight is 394 g/mol. The Bertz CT molecular complexity index is 883. The summed E-state index contributed by atoms with van der Waals surface area (Å²) in [6, 6.07) is 16.4. The van der Waals surface area contributed by atoms with Gasteiger partial charge in [0.2, 0.25) is 0 Å². The van der Waals surface area contributed by atoms with E-state index in [1.54, 1.807) is 19.0 Å². The smallest absolute Gasteiger partial charge is 0.253 e. The van der Waals surface area contributed by atoms with E-state index in [-0.39, 0.29) is 11.3 Å². The number of para-hydroxylation sites is 1. The van der Waals surface area contributed by atoms with Crippen LogP contribution in [0.3, 0.4) is 0 Å². The zero-order valence-corrected chi connectivity index (χ0v) is 17.4. The Morgan fingerprint density at radius 2 is 1.82 bits per heavy atom. The second kappa shape index (κ2) is 8.00. The Balaban J connectivity index is 1.57. The van der Waals surface area contributed by atoms with Gasteiger partial charge in [0.25, 0.3) is 5.91 Å². The van der Waals surface area contributed by atoms with Crippen LogP contribution in [0.1, 0.15) is 34.3 Å². The maximum absolute atomic E-state index is 12.1. The molecule has 1 saturated heterocycles. The van der Waals surface area contributed by atoms with E-state index in [4.69, 9.17) is 4.99 Å². The summed E-state index contributed by atoms with van der Waals surface area (Å²) in [7, 11) is 3.55. The van der Waals surface area contributed by atoms with E-state index in [0.717, 1.165) is 17.8 Å². The fourth-order valence-corrected chi connectivity index (χ4v) is 5.34. The van der Waals surface area contributed by atoms with Crippen molar-refractivity contribution in [1.82, 2.24) is 4.90 Å². The molecule has 146 valence electrons. The van der Waals surface area contributed by atoms with Crippen molar-refractivity contribution in [2.24, 2.45) is 10.4 Å². The Labute approximate surface area is 171 Å². The number of nitrogens with one attached hydrogen (secondary N) is 1. The number of benzene rings is 2. The van der Waals surface area contributed by atoms with Crippen LogP contribution in [0.15, 0.2) is 53.5 Å².